The molecule has 1 aromatic heterocycles. The number of rotatable bonds is 4. The number of benzene rings is 1. The van der Waals surface area contributed by atoms with E-state index >= 15 is 0 Å². The summed E-state index contributed by atoms with van der Waals surface area (Å²) in [6.07, 6.45) is 1.54. The maximum absolute atomic E-state index is 11.6. The van der Waals surface area contributed by atoms with Crippen molar-refractivity contribution in [3.8, 4) is 0 Å². The predicted molar refractivity (Wildman–Crippen MR) is 65.8 cm³/mol. The van der Waals surface area contributed by atoms with Gasteiger partial charge in [0.25, 0.3) is 5.91 Å². The van der Waals surface area contributed by atoms with Gasteiger partial charge in [-0.1, -0.05) is 24.3 Å². The molecule has 0 saturated carbocycles. The molecule has 1 aromatic carbocycles. The Kier molecular flexibility index (Phi) is 3.77. The van der Waals surface area contributed by atoms with Crippen LogP contribution in [0.4, 0.5) is 0 Å². The van der Waals surface area contributed by atoms with Crippen molar-refractivity contribution in [3.63, 3.8) is 0 Å². The highest BCUT2D eigenvalue weighted by atomic mass is 35.5. The molecular weight excluding hydrogens is 238 g/mol. The molecular formula is C12H12ClN3O. The number of aromatic amines is 1. The molecule has 0 radical (unpaired) electrons. The van der Waals surface area contributed by atoms with Crippen LogP contribution in [-0.4, -0.2) is 16.1 Å². The lowest BCUT2D eigenvalue weighted by Gasteiger charge is -2.05. The Morgan fingerprint density at radius 1 is 1.35 bits per heavy atom. The molecule has 17 heavy (non-hydrogen) atoms. The number of amides is 1. The van der Waals surface area contributed by atoms with Gasteiger partial charge in [-0.15, -0.1) is 11.6 Å². The molecule has 2 rings (SSSR count). The lowest BCUT2D eigenvalue weighted by molar-refractivity contribution is 0.0946. The van der Waals surface area contributed by atoms with Crippen molar-refractivity contribution in [2.75, 3.05) is 0 Å². The van der Waals surface area contributed by atoms with Gasteiger partial charge in [0.05, 0.1) is 0 Å². The van der Waals surface area contributed by atoms with E-state index in [9.17, 15) is 4.79 Å². The maximum atomic E-state index is 11.6. The summed E-state index contributed by atoms with van der Waals surface area (Å²) in [5, 5.41) is 9.13. The molecule has 0 aliphatic heterocycles. The summed E-state index contributed by atoms with van der Waals surface area (Å²) in [6, 6.07) is 9.43. The second-order valence-electron chi connectivity index (χ2n) is 3.61. The van der Waals surface area contributed by atoms with Crippen molar-refractivity contribution >= 4 is 17.5 Å². The van der Waals surface area contributed by atoms with Gasteiger partial charge in [0.2, 0.25) is 0 Å². The fourth-order valence-corrected chi connectivity index (χ4v) is 1.65. The second kappa shape index (κ2) is 5.50. The number of H-pyrrole nitrogens is 1. The van der Waals surface area contributed by atoms with Crippen molar-refractivity contribution in [2.45, 2.75) is 12.4 Å². The van der Waals surface area contributed by atoms with Crippen LogP contribution in [0.3, 0.4) is 0 Å². The number of hydrogen-bond acceptors (Lipinski definition) is 2. The summed E-state index contributed by atoms with van der Waals surface area (Å²) in [4.78, 5) is 11.6. The molecule has 5 heteroatoms. The van der Waals surface area contributed by atoms with Crippen molar-refractivity contribution in [1.82, 2.24) is 15.5 Å². The van der Waals surface area contributed by atoms with Crippen LogP contribution >= 0.6 is 11.6 Å². The minimum atomic E-state index is -0.168. The Bertz CT molecular complexity index is 496. The largest absolute Gasteiger partial charge is 0.347 e. The number of halogens is 1. The van der Waals surface area contributed by atoms with E-state index in [2.05, 4.69) is 15.5 Å². The Balaban J connectivity index is 1.95. The summed E-state index contributed by atoms with van der Waals surface area (Å²) in [5.74, 6) is 0.307. The molecule has 2 aromatic rings. The topological polar surface area (TPSA) is 57.8 Å². The number of nitrogens with zero attached hydrogens (tertiary/aromatic N) is 1. The van der Waals surface area contributed by atoms with E-state index in [1.807, 2.05) is 24.3 Å². The smallest absolute Gasteiger partial charge is 0.269 e. The predicted octanol–water partition coefficient (Wildman–Crippen LogP) is 2.08. The molecule has 0 unspecified atom stereocenters. The van der Waals surface area contributed by atoms with E-state index in [4.69, 9.17) is 11.6 Å². The Hall–Kier alpha value is -1.81. The average molecular weight is 250 g/mol. The number of carbonyl (C=O) groups excluding carboxylic acids is 1. The van der Waals surface area contributed by atoms with Gasteiger partial charge in [-0.2, -0.15) is 5.10 Å². The summed E-state index contributed by atoms with van der Waals surface area (Å²) < 4.78 is 0. The zero-order valence-electron chi connectivity index (χ0n) is 9.11. The Morgan fingerprint density at radius 3 is 2.88 bits per heavy atom. The molecule has 0 bridgehead atoms. The lowest BCUT2D eigenvalue weighted by atomic mass is 10.1. The first-order chi connectivity index (χ1) is 8.29. The molecule has 0 saturated heterocycles. The van der Waals surface area contributed by atoms with Crippen molar-refractivity contribution in [1.29, 1.82) is 0 Å². The standard InChI is InChI=1S/C12H12ClN3O/c13-7-9-2-1-3-10(6-9)8-14-12(17)11-4-5-15-16-11/h1-6H,7-8H2,(H,14,17)(H,15,16). The highest BCUT2D eigenvalue weighted by Gasteiger charge is 2.05. The fraction of sp³-hybridized carbons (Fsp3) is 0.167. The molecule has 0 spiro atoms. The van der Waals surface area contributed by atoms with Crippen LogP contribution in [0.25, 0.3) is 0 Å². The molecule has 0 aliphatic rings. The molecule has 0 atom stereocenters. The first-order valence-electron chi connectivity index (χ1n) is 5.21. The van der Waals surface area contributed by atoms with Crippen molar-refractivity contribution in [2.24, 2.45) is 0 Å². The van der Waals surface area contributed by atoms with Crippen LogP contribution in [0, 0.1) is 0 Å². The highest BCUT2D eigenvalue weighted by molar-refractivity contribution is 6.17. The van der Waals surface area contributed by atoms with E-state index in [-0.39, 0.29) is 5.91 Å². The molecule has 0 fully saturated rings. The minimum Gasteiger partial charge on any atom is -0.347 e. The van der Waals surface area contributed by atoms with Gasteiger partial charge in [-0.25, -0.2) is 0 Å². The average Bonchev–Trinajstić information content (AvgIpc) is 2.90. The van der Waals surface area contributed by atoms with Crippen molar-refractivity contribution in [3.05, 3.63) is 53.3 Å². The van der Waals surface area contributed by atoms with E-state index < -0.39 is 0 Å². The monoisotopic (exact) mass is 249 g/mol. The van der Waals surface area contributed by atoms with Crippen LogP contribution in [0.1, 0.15) is 21.6 Å². The molecule has 0 aliphatic carbocycles. The molecule has 2 N–H and O–H groups in total. The maximum Gasteiger partial charge on any atom is 0.269 e. The van der Waals surface area contributed by atoms with E-state index in [0.717, 1.165) is 11.1 Å². The Morgan fingerprint density at radius 2 is 2.18 bits per heavy atom. The number of nitrogens with one attached hydrogen (secondary N) is 2. The van der Waals surface area contributed by atoms with Gasteiger partial charge in [0.15, 0.2) is 0 Å². The van der Waals surface area contributed by atoms with Gasteiger partial charge in [-0.05, 0) is 17.2 Å². The van der Waals surface area contributed by atoms with Crippen LogP contribution in [-0.2, 0) is 12.4 Å². The minimum absolute atomic E-state index is 0.168. The zero-order chi connectivity index (χ0) is 12.1. The quantitative estimate of drug-likeness (QED) is 0.815. The normalized spacial score (nSPS) is 10.2. The first kappa shape index (κ1) is 11.7. The fourth-order valence-electron chi connectivity index (χ4n) is 1.48. The highest BCUT2D eigenvalue weighted by Crippen LogP contribution is 2.07. The third kappa shape index (κ3) is 3.07. The molecule has 1 amide bonds. The van der Waals surface area contributed by atoms with Gasteiger partial charge in [0, 0.05) is 18.6 Å². The first-order valence-corrected chi connectivity index (χ1v) is 5.74. The number of carbonyl (C=O) groups is 1. The zero-order valence-corrected chi connectivity index (χ0v) is 9.87. The van der Waals surface area contributed by atoms with Gasteiger partial charge in [0.1, 0.15) is 5.69 Å². The number of hydrogen-bond donors (Lipinski definition) is 2. The van der Waals surface area contributed by atoms with Gasteiger partial charge < -0.3 is 5.32 Å². The van der Waals surface area contributed by atoms with E-state index in [0.29, 0.717) is 18.1 Å². The number of alkyl halides is 1. The third-order valence-corrected chi connectivity index (χ3v) is 2.65. The number of aromatic nitrogens is 2. The van der Waals surface area contributed by atoms with Gasteiger partial charge >= 0.3 is 0 Å². The van der Waals surface area contributed by atoms with Crippen LogP contribution in [0.15, 0.2) is 36.5 Å². The van der Waals surface area contributed by atoms with Crippen LogP contribution < -0.4 is 5.32 Å². The second-order valence-corrected chi connectivity index (χ2v) is 3.87. The lowest BCUT2D eigenvalue weighted by Crippen LogP contribution is -2.23. The van der Waals surface area contributed by atoms with Crippen molar-refractivity contribution < 1.29 is 4.79 Å². The molecule has 88 valence electrons. The Labute approximate surface area is 104 Å². The summed E-state index contributed by atoms with van der Waals surface area (Å²) in [5.41, 5.74) is 2.52. The summed E-state index contributed by atoms with van der Waals surface area (Å²) in [6.45, 7) is 0.475. The summed E-state index contributed by atoms with van der Waals surface area (Å²) in [7, 11) is 0. The van der Waals surface area contributed by atoms with Gasteiger partial charge in [-0.3, -0.25) is 9.89 Å². The SMILES string of the molecule is O=C(NCc1cccc(CCl)c1)c1ccn[nH]1. The summed E-state index contributed by atoms with van der Waals surface area (Å²) >= 11 is 5.74. The molecule has 4 nitrogen and oxygen atoms in total. The molecule has 1 heterocycles. The van der Waals surface area contributed by atoms with E-state index in [1.165, 1.54) is 0 Å². The van der Waals surface area contributed by atoms with E-state index in [1.54, 1.807) is 12.3 Å². The van der Waals surface area contributed by atoms with Crippen LogP contribution in [0.2, 0.25) is 0 Å². The van der Waals surface area contributed by atoms with Crippen LogP contribution in [0.5, 0.6) is 0 Å². The third-order valence-electron chi connectivity index (χ3n) is 2.34.